The van der Waals surface area contributed by atoms with Gasteiger partial charge in [0.2, 0.25) is 0 Å². The molecule has 0 saturated carbocycles. The van der Waals surface area contributed by atoms with Gasteiger partial charge in [0.15, 0.2) is 0 Å². The molecule has 0 saturated heterocycles. The van der Waals surface area contributed by atoms with Gasteiger partial charge in [0.1, 0.15) is 19.0 Å². The van der Waals surface area contributed by atoms with Gasteiger partial charge in [-0.25, -0.2) is 0 Å². The highest BCUT2D eigenvalue weighted by atomic mass is 79.9. The number of alkyl halides is 1. The molecule has 0 aliphatic heterocycles. The number of halogens is 1. The minimum Gasteiger partial charge on any atom is -0.490 e. The van der Waals surface area contributed by atoms with Gasteiger partial charge in [-0.15, -0.1) is 0 Å². The molecule has 0 heterocycles. The lowest BCUT2D eigenvalue weighted by atomic mass is 9.77. The van der Waals surface area contributed by atoms with Crippen LogP contribution in [0.15, 0.2) is 18.2 Å². The Kier molecular flexibility index (Phi) is 9.15. The molecule has 0 unspecified atom stereocenters. The highest BCUT2D eigenvalue weighted by Gasteiger charge is 2.26. The molecule has 0 aliphatic rings. The molecule has 0 spiro atoms. The molecule has 0 bridgehead atoms. The van der Waals surface area contributed by atoms with Crippen LogP contribution in [0.25, 0.3) is 0 Å². The van der Waals surface area contributed by atoms with Crippen molar-refractivity contribution in [1.82, 2.24) is 0 Å². The number of esters is 1. The summed E-state index contributed by atoms with van der Waals surface area (Å²) in [5.74, 6) is 0.746. The molecule has 0 aliphatic carbocycles. The van der Waals surface area contributed by atoms with Crippen molar-refractivity contribution in [1.29, 1.82) is 0 Å². The van der Waals surface area contributed by atoms with Crippen LogP contribution in [-0.4, -0.2) is 24.5 Å². The van der Waals surface area contributed by atoms with Crippen molar-refractivity contribution in [3.05, 3.63) is 29.3 Å². The number of benzene rings is 1. The van der Waals surface area contributed by atoms with Crippen molar-refractivity contribution >= 4 is 21.9 Å². The van der Waals surface area contributed by atoms with E-state index in [2.05, 4.69) is 75.7 Å². The quantitative estimate of drug-likeness (QED) is 0.241. The van der Waals surface area contributed by atoms with Gasteiger partial charge in [-0.1, -0.05) is 69.6 Å². The van der Waals surface area contributed by atoms with Crippen LogP contribution in [-0.2, 0) is 20.4 Å². The first kappa shape index (κ1) is 23.0. The number of carbonyl (C=O) groups excluding carboxylic acids is 1. The highest BCUT2D eigenvalue weighted by molar-refractivity contribution is 9.09. The van der Waals surface area contributed by atoms with Crippen LogP contribution < -0.4 is 4.74 Å². The number of hydrogen-bond donors (Lipinski definition) is 0. The van der Waals surface area contributed by atoms with Crippen molar-refractivity contribution in [2.45, 2.75) is 78.1 Å². The maximum atomic E-state index is 11.6. The second-order valence-corrected chi connectivity index (χ2v) is 8.84. The van der Waals surface area contributed by atoms with Gasteiger partial charge < -0.3 is 9.47 Å². The first-order valence-electron chi connectivity index (χ1n) is 9.67. The van der Waals surface area contributed by atoms with Gasteiger partial charge in [0, 0.05) is 11.8 Å². The van der Waals surface area contributed by atoms with Gasteiger partial charge in [-0.05, 0) is 47.3 Å². The zero-order valence-corrected chi connectivity index (χ0v) is 18.9. The van der Waals surface area contributed by atoms with Crippen LogP contribution in [0.4, 0.5) is 0 Å². The summed E-state index contributed by atoms with van der Waals surface area (Å²) < 4.78 is 11.3. The van der Waals surface area contributed by atoms with Crippen LogP contribution in [0.3, 0.4) is 0 Å². The maximum Gasteiger partial charge on any atom is 0.305 e. The summed E-state index contributed by atoms with van der Waals surface area (Å²) in [6, 6.07) is 6.60. The summed E-state index contributed by atoms with van der Waals surface area (Å²) >= 11 is 3.32. The molecular weight excluding hydrogens is 392 g/mol. The monoisotopic (exact) mass is 426 g/mol. The molecule has 0 fully saturated rings. The van der Waals surface area contributed by atoms with Crippen LogP contribution in [0.2, 0.25) is 0 Å². The third-order valence-corrected chi connectivity index (χ3v) is 5.94. The predicted molar refractivity (Wildman–Crippen MR) is 113 cm³/mol. The molecular formula is C22H35BrO3. The Bertz CT molecular complexity index is 579. The lowest BCUT2D eigenvalue weighted by molar-refractivity contribution is -0.144. The molecule has 4 heteroatoms. The molecule has 26 heavy (non-hydrogen) atoms. The first-order valence-corrected chi connectivity index (χ1v) is 10.8. The standard InChI is InChI=1S/C22H35BrO3/c1-7-21(3,4)17-11-12-18(22(5,6)8-2)19(16-17)25-14-15-26-20(24)10-9-13-23/h11-12,16H,7-10,13-15H2,1-6H3. The SMILES string of the molecule is CCC(C)(C)c1ccc(C(C)(C)CC)c(OCCOC(=O)CCCBr)c1. The van der Waals surface area contributed by atoms with Crippen molar-refractivity contribution < 1.29 is 14.3 Å². The Labute approximate surface area is 168 Å². The van der Waals surface area contributed by atoms with Crippen LogP contribution >= 0.6 is 15.9 Å². The van der Waals surface area contributed by atoms with Crippen LogP contribution in [0.5, 0.6) is 5.75 Å². The molecule has 1 rings (SSSR count). The topological polar surface area (TPSA) is 35.5 Å². The normalized spacial score (nSPS) is 12.1. The van der Waals surface area contributed by atoms with Gasteiger partial charge in [-0.2, -0.15) is 0 Å². The van der Waals surface area contributed by atoms with E-state index < -0.39 is 0 Å². The smallest absolute Gasteiger partial charge is 0.305 e. The molecule has 0 N–H and O–H groups in total. The zero-order chi connectivity index (χ0) is 19.8. The van der Waals surface area contributed by atoms with Crippen LogP contribution in [0, 0.1) is 0 Å². The molecule has 3 nitrogen and oxygen atoms in total. The van der Waals surface area contributed by atoms with E-state index in [9.17, 15) is 4.79 Å². The fourth-order valence-corrected chi connectivity index (χ4v) is 2.89. The van der Waals surface area contributed by atoms with E-state index in [-0.39, 0.29) is 23.4 Å². The van der Waals surface area contributed by atoms with Crippen LogP contribution in [0.1, 0.15) is 78.4 Å². The van der Waals surface area contributed by atoms with E-state index in [1.807, 2.05) is 0 Å². The van der Waals surface area contributed by atoms with Crippen molar-refractivity contribution in [3.8, 4) is 5.75 Å². The molecule has 1 aromatic rings. The lowest BCUT2D eigenvalue weighted by Gasteiger charge is -2.29. The van der Waals surface area contributed by atoms with E-state index in [4.69, 9.17) is 9.47 Å². The fourth-order valence-electron chi connectivity index (χ4n) is 2.61. The Morgan fingerprint density at radius 2 is 1.69 bits per heavy atom. The number of hydrogen-bond acceptors (Lipinski definition) is 3. The van der Waals surface area contributed by atoms with Crippen molar-refractivity contribution in [2.24, 2.45) is 0 Å². The first-order chi connectivity index (χ1) is 12.2. The Morgan fingerprint density at radius 3 is 2.27 bits per heavy atom. The zero-order valence-electron chi connectivity index (χ0n) is 17.3. The van der Waals surface area contributed by atoms with E-state index in [0.717, 1.165) is 30.3 Å². The molecule has 1 aromatic carbocycles. The number of ether oxygens (including phenoxy) is 2. The summed E-state index contributed by atoms with van der Waals surface area (Å²) in [6.45, 7) is 14.0. The van der Waals surface area contributed by atoms with E-state index in [1.54, 1.807) is 0 Å². The number of rotatable bonds is 11. The van der Waals surface area contributed by atoms with Crippen molar-refractivity contribution in [3.63, 3.8) is 0 Å². The van der Waals surface area contributed by atoms with E-state index in [1.165, 1.54) is 11.1 Å². The van der Waals surface area contributed by atoms with Gasteiger partial charge >= 0.3 is 5.97 Å². The lowest BCUT2D eigenvalue weighted by Crippen LogP contribution is -2.21. The highest BCUT2D eigenvalue weighted by Crippen LogP contribution is 2.38. The summed E-state index contributed by atoms with van der Waals surface area (Å²) in [7, 11) is 0. The summed E-state index contributed by atoms with van der Waals surface area (Å²) in [5.41, 5.74) is 2.63. The Hall–Kier alpha value is -1.03. The third-order valence-electron chi connectivity index (χ3n) is 5.38. The Morgan fingerprint density at radius 1 is 1.04 bits per heavy atom. The number of carbonyl (C=O) groups is 1. The average Bonchev–Trinajstić information content (AvgIpc) is 2.63. The van der Waals surface area contributed by atoms with Gasteiger partial charge in [0.25, 0.3) is 0 Å². The fraction of sp³-hybridized carbons (Fsp3) is 0.682. The van der Waals surface area contributed by atoms with Gasteiger partial charge in [-0.3, -0.25) is 4.79 Å². The average molecular weight is 427 g/mol. The maximum absolute atomic E-state index is 11.6. The second kappa shape index (κ2) is 10.3. The third kappa shape index (κ3) is 6.61. The second-order valence-electron chi connectivity index (χ2n) is 8.05. The molecule has 0 radical (unpaired) electrons. The summed E-state index contributed by atoms with van der Waals surface area (Å²) in [5, 5.41) is 0.814. The molecule has 148 valence electrons. The minimum atomic E-state index is -0.164. The van der Waals surface area contributed by atoms with Gasteiger partial charge in [0.05, 0.1) is 0 Å². The summed E-state index contributed by atoms with van der Waals surface area (Å²) in [4.78, 5) is 11.6. The summed E-state index contributed by atoms with van der Waals surface area (Å²) in [6.07, 6.45) is 3.33. The molecule has 0 atom stereocenters. The largest absolute Gasteiger partial charge is 0.490 e. The molecule has 0 amide bonds. The predicted octanol–water partition coefficient (Wildman–Crippen LogP) is 6.16. The van der Waals surface area contributed by atoms with E-state index in [0.29, 0.717) is 13.0 Å². The van der Waals surface area contributed by atoms with Crippen molar-refractivity contribution in [2.75, 3.05) is 18.5 Å². The van der Waals surface area contributed by atoms with E-state index >= 15 is 0 Å². The molecule has 0 aromatic heterocycles. The minimum absolute atomic E-state index is 0.0385. The Balaban J connectivity index is 2.88.